The number of piperazine rings is 2. The third kappa shape index (κ3) is 10.8. The van der Waals surface area contributed by atoms with E-state index in [9.17, 15) is 14.4 Å². The fourth-order valence-electron chi connectivity index (χ4n) is 5.00. The summed E-state index contributed by atoms with van der Waals surface area (Å²) in [5.74, 6) is -0.101. The molecule has 3 aliphatic heterocycles. The number of carbonyl (C=O) groups excluding carboxylic acids is 3. The quantitative estimate of drug-likeness (QED) is 0.132. The lowest BCUT2D eigenvalue weighted by atomic mass is 10.2. The van der Waals surface area contributed by atoms with Crippen molar-refractivity contribution >= 4 is 24.1 Å². The molecule has 0 aliphatic carbocycles. The Bertz CT molecular complexity index is 835. The SMILES string of the molecule is COC(=O)CCN1CCN(CC2CN(CCCCN3CCN(C(=N)NC(=O)OC(C)(C)C)CC3)C(=O)O2)CC1. The Labute approximate surface area is 232 Å². The lowest BCUT2D eigenvalue weighted by molar-refractivity contribution is -0.141. The number of unbranched alkanes of at least 4 members (excludes halogenated alkanes) is 1. The van der Waals surface area contributed by atoms with Gasteiger partial charge < -0.3 is 28.9 Å². The zero-order valence-electron chi connectivity index (χ0n) is 24.1. The van der Waals surface area contributed by atoms with Gasteiger partial charge in [-0.3, -0.25) is 25.3 Å². The molecular formula is C26H47N7O6. The summed E-state index contributed by atoms with van der Waals surface area (Å²) in [5.41, 5.74) is -0.597. The van der Waals surface area contributed by atoms with Gasteiger partial charge in [-0.1, -0.05) is 0 Å². The van der Waals surface area contributed by atoms with Crippen molar-refractivity contribution in [1.82, 2.24) is 29.8 Å². The van der Waals surface area contributed by atoms with Crippen molar-refractivity contribution in [1.29, 1.82) is 5.41 Å². The summed E-state index contributed by atoms with van der Waals surface area (Å²) < 4.78 is 15.6. The minimum absolute atomic E-state index is 0.0754. The molecule has 3 saturated heterocycles. The number of cyclic esters (lactones) is 1. The van der Waals surface area contributed by atoms with E-state index in [1.807, 2.05) is 9.80 Å². The first kappa shape index (κ1) is 30.9. The Morgan fingerprint density at radius 3 is 2.18 bits per heavy atom. The highest BCUT2D eigenvalue weighted by Crippen LogP contribution is 2.15. The second-order valence-electron chi connectivity index (χ2n) is 11.4. The highest BCUT2D eigenvalue weighted by Gasteiger charge is 2.33. The molecule has 3 heterocycles. The van der Waals surface area contributed by atoms with Crippen LogP contribution in [0, 0.1) is 5.41 Å². The van der Waals surface area contributed by atoms with Crippen molar-refractivity contribution in [3.05, 3.63) is 0 Å². The summed E-state index contributed by atoms with van der Waals surface area (Å²) in [6.45, 7) is 15.7. The fraction of sp³-hybridized carbons (Fsp3) is 0.846. The molecule has 13 heteroatoms. The van der Waals surface area contributed by atoms with Crippen LogP contribution in [-0.4, -0.2) is 153 Å². The van der Waals surface area contributed by atoms with E-state index < -0.39 is 11.7 Å². The average Bonchev–Trinajstić information content (AvgIpc) is 3.23. The maximum Gasteiger partial charge on any atom is 0.414 e. The fourth-order valence-corrected chi connectivity index (χ4v) is 5.00. The van der Waals surface area contributed by atoms with Crippen LogP contribution in [0.25, 0.3) is 0 Å². The second-order valence-corrected chi connectivity index (χ2v) is 11.4. The standard InChI is InChI=1S/C26H47N7O6/c1-26(2,3)39-24(35)28-23(27)32-17-15-29(16-18-32)8-5-6-9-33-20-21(38-25(33)36)19-31-13-11-30(12-14-31)10-7-22(34)37-4/h21H,5-20H2,1-4H3,(H2,27,28,35). The van der Waals surface area contributed by atoms with Gasteiger partial charge >= 0.3 is 18.2 Å². The molecule has 13 nitrogen and oxygen atoms in total. The van der Waals surface area contributed by atoms with Crippen LogP contribution in [0.5, 0.6) is 0 Å². The molecule has 0 aromatic carbocycles. The molecule has 3 aliphatic rings. The van der Waals surface area contributed by atoms with Crippen molar-refractivity contribution in [2.45, 2.75) is 51.7 Å². The minimum Gasteiger partial charge on any atom is -0.469 e. The molecule has 0 aromatic heterocycles. The number of rotatable bonds is 10. The number of hydrogen-bond donors (Lipinski definition) is 2. The van der Waals surface area contributed by atoms with Gasteiger partial charge in [0.25, 0.3) is 0 Å². The molecule has 0 saturated carbocycles. The van der Waals surface area contributed by atoms with Gasteiger partial charge in [0.2, 0.25) is 5.96 Å². The van der Waals surface area contributed by atoms with Gasteiger partial charge in [-0.15, -0.1) is 0 Å². The van der Waals surface area contributed by atoms with Crippen LogP contribution in [0.15, 0.2) is 0 Å². The minimum atomic E-state index is -0.604. The number of nitrogens with one attached hydrogen (secondary N) is 2. The van der Waals surface area contributed by atoms with E-state index in [-0.39, 0.29) is 24.1 Å². The predicted octanol–water partition coefficient (Wildman–Crippen LogP) is 0.845. The number of alkyl carbamates (subject to hydrolysis) is 1. The van der Waals surface area contributed by atoms with E-state index in [1.165, 1.54) is 7.11 Å². The van der Waals surface area contributed by atoms with Crippen molar-refractivity contribution in [3.8, 4) is 0 Å². The first-order valence-corrected chi connectivity index (χ1v) is 14.1. The first-order chi connectivity index (χ1) is 18.5. The van der Waals surface area contributed by atoms with Gasteiger partial charge in [0.05, 0.1) is 20.1 Å². The summed E-state index contributed by atoms with van der Waals surface area (Å²) in [5, 5.41) is 10.6. The number of ether oxygens (including phenoxy) is 3. The number of methoxy groups -OCH3 is 1. The third-order valence-electron chi connectivity index (χ3n) is 7.20. The second kappa shape index (κ2) is 14.7. The number of hydrogen-bond acceptors (Lipinski definition) is 10. The molecule has 0 radical (unpaired) electrons. The lowest BCUT2D eigenvalue weighted by Gasteiger charge is -2.36. The van der Waals surface area contributed by atoms with Gasteiger partial charge in [0, 0.05) is 72.0 Å². The lowest BCUT2D eigenvalue weighted by Crippen LogP contribution is -2.53. The van der Waals surface area contributed by atoms with Crippen molar-refractivity contribution in [2.75, 3.05) is 92.2 Å². The van der Waals surface area contributed by atoms with Gasteiger partial charge in [-0.25, -0.2) is 9.59 Å². The summed E-state index contributed by atoms with van der Waals surface area (Å²) in [6, 6.07) is 0. The van der Waals surface area contributed by atoms with E-state index in [0.717, 1.165) is 71.7 Å². The van der Waals surface area contributed by atoms with Gasteiger partial charge in [0.1, 0.15) is 11.7 Å². The van der Waals surface area contributed by atoms with Crippen LogP contribution in [0.2, 0.25) is 0 Å². The number of guanidine groups is 1. The number of carbonyl (C=O) groups is 3. The highest BCUT2D eigenvalue weighted by molar-refractivity contribution is 5.92. The van der Waals surface area contributed by atoms with E-state index in [1.54, 1.807) is 20.8 Å². The van der Waals surface area contributed by atoms with Gasteiger partial charge in [-0.05, 0) is 40.2 Å². The van der Waals surface area contributed by atoms with E-state index in [2.05, 4.69) is 20.0 Å². The Kier molecular flexibility index (Phi) is 11.6. The molecule has 39 heavy (non-hydrogen) atoms. The molecule has 1 atom stereocenters. The Hall–Kier alpha value is -2.64. The summed E-state index contributed by atoms with van der Waals surface area (Å²) in [4.78, 5) is 46.2. The summed E-state index contributed by atoms with van der Waals surface area (Å²) >= 11 is 0. The van der Waals surface area contributed by atoms with Gasteiger partial charge in [0.15, 0.2) is 0 Å². The molecule has 2 amide bonds. The van der Waals surface area contributed by atoms with E-state index in [0.29, 0.717) is 32.6 Å². The molecule has 2 N–H and O–H groups in total. The normalized spacial score (nSPS) is 21.5. The first-order valence-electron chi connectivity index (χ1n) is 14.1. The largest absolute Gasteiger partial charge is 0.469 e. The molecule has 1 unspecified atom stereocenters. The number of esters is 1. The zero-order chi connectivity index (χ0) is 28.4. The average molecular weight is 554 g/mol. The van der Waals surface area contributed by atoms with Crippen molar-refractivity contribution in [3.63, 3.8) is 0 Å². The Morgan fingerprint density at radius 1 is 0.949 bits per heavy atom. The highest BCUT2D eigenvalue weighted by atomic mass is 16.6. The van der Waals surface area contributed by atoms with Crippen LogP contribution < -0.4 is 5.32 Å². The Balaban J connectivity index is 1.24. The zero-order valence-corrected chi connectivity index (χ0v) is 24.1. The van der Waals surface area contributed by atoms with Crippen LogP contribution in [-0.2, 0) is 19.0 Å². The van der Waals surface area contributed by atoms with E-state index >= 15 is 0 Å². The monoisotopic (exact) mass is 553 g/mol. The van der Waals surface area contributed by atoms with Crippen LogP contribution in [0.3, 0.4) is 0 Å². The molecule has 3 rings (SSSR count). The Morgan fingerprint density at radius 2 is 1.54 bits per heavy atom. The molecule has 0 aromatic rings. The predicted molar refractivity (Wildman–Crippen MR) is 146 cm³/mol. The maximum absolute atomic E-state index is 12.4. The van der Waals surface area contributed by atoms with Crippen LogP contribution >= 0.6 is 0 Å². The smallest absolute Gasteiger partial charge is 0.414 e. The number of nitrogens with zero attached hydrogens (tertiary/aromatic N) is 5. The molecule has 222 valence electrons. The van der Waals surface area contributed by atoms with Crippen molar-refractivity contribution in [2.24, 2.45) is 0 Å². The number of amides is 2. The molecule has 3 fully saturated rings. The summed E-state index contributed by atoms with van der Waals surface area (Å²) in [7, 11) is 1.42. The van der Waals surface area contributed by atoms with E-state index in [4.69, 9.17) is 19.6 Å². The van der Waals surface area contributed by atoms with Crippen LogP contribution in [0.4, 0.5) is 9.59 Å². The maximum atomic E-state index is 12.4. The summed E-state index contributed by atoms with van der Waals surface area (Å²) in [6.07, 6.45) is 1.39. The molecule has 0 spiro atoms. The van der Waals surface area contributed by atoms with Crippen LogP contribution in [0.1, 0.15) is 40.0 Å². The third-order valence-corrected chi connectivity index (χ3v) is 7.20. The molecular weight excluding hydrogens is 506 g/mol. The topological polar surface area (TPSA) is 131 Å². The van der Waals surface area contributed by atoms with Crippen molar-refractivity contribution < 1.29 is 28.6 Å². The van der Waals surface area contributed by atoms with Gasteiger partial charge in [-0.2, -0.15) is 0 Å². The molecule has 0 bridgehead atoms.